The van der Waals surface area contributed by atoms with Crippen LogP contribution in [0.15, 0.2) is 4.99 Å². The fourth-order valence-corrected chi connectivity index (χ4v) is 0.643. The van der Waals surface area contributed by atoms with E-state index in [1.807, 2.05) is 0 Å². The molecule has 0 aliphatic rings. The molecule has 0 aliphatic heterocycles. The summed E-state index contributed by atoms with van der Waals surface area (Å²) in [5.41, 5.74) is 15.3. The van der Waals surface area contributed by atoms with Gasteiger partial charge >= 0.3 is 15.1 Å². The average molecular weight is 252 g/mol. The molecule has 0 saturated carbocycles. The highest BCUT2D eigenvalue weighted by Gasteiger charge is 2.09. The van der Waals surface area contributed by atoms with Crippen molar-refractivity contribution in [2.45, 2.75) is 18.9 Å². The number of nitrogens with zero attached hydrogens (tertiary/aromatic N) is 1. The van der Waals surface area contributed by atoms with Crippen LogP contribution in [-0.2, 0) is 9.26 Å². The molecule has 0 heterocycles. The van der Waals surface area contributed by atoms with Gasteiger partial charge in [0.15, 0.2) is 5.96 Å². The van der Waals surface area contributed by atoms with Gasteiger partial charge in [0.1, 0.15) is 6.04 Å². The van der Waals surface area contributed by atoms with Crippen LogP contribution in [-0.4, -0.2) is 48.4 Å². The highest BCUT2D eigenvalue weighted by molar-refractivity contribution is 6.22. The molecule has 0 rings (SSSR count). The van der Waals surface area contributed by atoms with E-state index in [1.54, 1.807) is 0 Å². The van der Waals surface area contributed by atoms with Gasteiger partial charge in [0, 0.05) is 6.54 Å². The Morgan fingerprint density at radius 2 is 1.81 bits per heavy atom. The van der Waals surface area contributed by atoms with E-state index in [-0.39, 0.29) is 5.96 Å². The molecule has 0 aliphatic carbocycles. The fourth-order valence-electron chi connectivity index (χ4n) is 0.643. The van der Waals surface area contributed by atoms with E-state index in [1.165, 1.54) is 0 Å². The van der Waals surface area contributed by atoms with Crippen LogP contribution in [0.1, 0.15) is 12.8 Å². The molecule has 9 nitrogen and oxygen atoms in total. The maximum Gasteiger partial charge on any atom is 0.761 e. The molecular formula is C6H16N4O5Si. The summed E-state index contributed by atoms with van der Waals surface area (Å²) in [4.78, 5) is 28.2. The Balaban J connectivity index is 0. The molecule has 0 bridgehead atoms. The smallest absolute Gasteiger partial charge is 0.511 e. The molecule has 9 N–H and O–H groups in total. The summed E-state index contributed by atoms with van der Waals surface area (Å²) < 4.78 is 8.74. The lowest BCUT2D eigenvalue weighted by molar-refractivity contribution is -0.138. The lowest BCUT2D eigenvalue weighted by Gasteiger charge is -2.03. The number of nitrogens with two attached hydrogens (primary N) is 3. The maximum absolute atomic E-state index is 10.2. The topological polar surface area (TPSA) is 185 Å². The molecular weight excluding hydrogens is 236 g/mol. The van der Waals surface area contributed by atoms with Crippen molar-refractivity contribution in [3.05, 3.63) is 0 Å². The van der Waals surface area contributed by atoms with Crippen LogP contribution >= 0.6 is 0 Å². The molecule has 0 aromatic heterocycles. The Morgan fingerprint density at radius 1 is 1.38 bits per heavy atom. The van der Waals surface area contributed by atoms with Gasteiger partial charge in [-0.2, -0.15) is 0 Å². The fraction of sp³-hybridized carbons (Fsp3) is 0.667. The van der Waals surface area contributed by atoms with Crippen LogP contribution in [0.25, 0.3) is 0 Å². The molecule has 0 aromatic carbocycles. The van der Waals surface area contributed by atoms with Crippen molar-refractivity contribution in [2.75, 3.05) is 6.54 Å². The van der Waals surface area contributed by atoms with Crippen LogP contribution in [0.2, 0.25) is 0 Å². The second-order valence-electron chi connectivity index (χ2n) is 2.68. The maximum atomic E-state index is 10.2. The number of carboxylic acids is 1. The number of guanidine groups is 1. The average Bonchev–Trinajstić information content (AvgIpc) is 2.10. The third kappa shape index (κ3) is 18.2. The van der Waals surface area contributed by atoms with Gasteiger partial charge in [0.05, 0.1) is 0 Å². The van der Waals surface area contributed by atoms with Gasteiger partial charge in [-0.15, -0.1) is 0 Å². The van der Waals surface area contributed by atoms with Crippen molar-refractivity contribution in [1.29, 1.82) is 0 Å². The number of rotatable bonds is 5. The minimum atomic E-state index is -3.13. The number of carboxylic acid groups (broad SMARTS) is 1. The summed E-state index contributed by atoms with van der Waals surface area (Å²) in [6.45, 7) is 0.420. The van der Waals surface area contributed by atoms with Gasteiger partial charge < -0.3 is 31.9 Å². The molecule has 0 spiro atoms. The molecule has 0 aromatic rings. The molecule has 16 heavy (non-hydrogen) atoms. The lowest BCUT2D eigenvalue weighted by Crippen LogP contribution is -2.30. The molecule has 94 valence electrons. The van der Waals surface area contributed by atoms with Crippen LogP contribution in [0.3, 0.4) is 0 Å². The van der Waals surface area contributed by atoms with Gasteiger partial charge in [0.25, 0.3) is 0 Å². The third-order valence-electron chi connectivity index (χ3n) is 1.28. The number of hydrogen-bond donors (Lipinski definition) is 6. The van der Waals surface area contributed by atoms with Gasteiger partial charge in [-0.05, 0) is 12.8 Å². The molecule has 0 radical (unpaired) electrons. The van der Waals surface area contributed by atoms with Crippen LogP contribution in [0, 0.1) is 0 Å². The normalized spacial score (nSPS) is 10.6. The highest BCUT2D eigenvalue weighted by Crippen LogP contribution is 1.94. The molecule has 1 atom stereocenters. The number of aliphatic carboxylic acids is 1. The van der Waals surface area contributed by atoms with Crippen LogP contribution in [0.4, 0.5) is 0 Å². The van der Waals surface area contributed by atoms with Gasteiger partial charge in [0.2, 0.25) is 0 Å². The Labute approximate surface area is 93.5 Å². The van der Waals surface area contributed by atoms with Crippen molar-refractivity contribution < 1.29 is 24.0 Å². The van der Waals surface area contributed by atoms with E-state index in [9.17, 15) is 4.79 Å². The summed E-state index contributed by atoms with van der Waals surface area (Å²) >= 11 is 0. The summed E-state index contributed by atoms with van der Waals surface area (Å²) in [5, 5.41) is 8.38. The van der Waals surface area contributed by atoms with Crippen molar-refractivity contribution in [1.82, 2.24) is 0 Å². The second-order valence-corrected chi connectivity index (χ2v) is 3.24. The van der Waals surface area contributed by atoms with Crippen molar-refractivity contribution >= 4 is 21.1 Å². The summed E-state index contributed by atoms with van der Waals surface area (Å²) in [7, 11) is -3.13. The van der Waals surface area contributed by atoms with E-state index < -0.39 is 21.2 Å². The Morgan fingerprint density at radius 3 is 2.12 bits per heavy atom. The molecule has 10 heteroatoms. The summed E-state index contributed by atoms with van der Waals surface area (Å²) in [6.07, 6.45) is 0.956. The van der Waals surface area contributed by atoms with E-state index in [2.05, 4.69) is 4.99 Å². The second kappa shape index (κ2) is 9.86. The SMILES string of the molecule is NC(N)=NCCCC(N)C(=O)O.O=[Si](O)O. The quantitative estimate of drug-likeness (QED) is 0.128. The standard InChI is InChI=1S/C6H14N4O2.H2O3Si/c7-4(5(11)12)2-1-3-10-6(8)9;1-4(2)3/h4H,1-3,7H2,(H,11,12)(H4,8,9,10);1-2H. The molecule has 0 amide bonds. The molecule has 0 saturated heterocycles. The first-order valence-electron chi connectivity index (χ1n) is 4.23. The van der Waals surface area contributed by atoms with E-state index in [0.717, 1.165) is 0 Å². The van der Waals surface area contributed by atoms with E-state index in [4.69, 9.17) is 36.4 Å². The first kappa shape index (κ1) is 16.7. The largest absolute Gasteiger partial charge is 0.761 e. The monoisotopic (exact) mass is 252 g/mol. The van der Waals surface area contributed by atoms with E-state index >= 15 is 0 Å². The Kier molecular flexibility index (Phi) is 10.3. The zero-order chi connectivity index (χ0) is 13.1. The number of carbonyl (C=O) groups is 1. The van der Waals surface area contributed by atoms with Gasteiger partial charge in [-0.25, -0.2) is 0 Å². The Hall–Kier alpha value is -1.68. The minimum absolute atomic E-state index is 0.0129. The van der Waals surface area contributed by atoms with Gasteiger partial charge in [-0.1, -0.05) is 0 Å². The zero-order valence-corrected chi connectivity index (χ0v) is 9.54. The lowest BCUT2D eigenvalue weighted by atomic mass is 10.2. The predicted octanol–water partition coefficient (Wildman–Crippen LogP) is -3.16. The summed E-state index contributed by atoms with van der Waals surface area (Å²) in [6, 6.07) is -0.820. The first-order valence-corrected chi connectivity index (χ1v) is 5.53. The first-order chi connectivity index (χ1) is 7.27. The van der Waals surface area contributed by atoms with Crippen molar-refractivity contribution in [3.63, 3.8) is 0 Å². The minimum Gasteiger partial charge on any atom is -0.511 e. The van der Waals surface area contributed by atoms with Gasteiger partial charge in [-0.3, -0.25) is 14.2 Å². The van der Waals surface area contributed by atoms with Crippen LogP contribution in [0.5, 0.6) is 0 Å². The molecule has 0 fully saturated rings. The number of hydrogen-bond acceptors (Lipinski definition) is 4. The van der Waals surface area contributed by atoms with Crippen molar-refractivity contribution in [3.8, 4) is 0 Å². The Bertz CT molecular complexity index is 251. The summed E-state index contributed by atoms with van der Waals surface area (Å²) in [5.74, 6) is -0.987. The molecule has 1 unspecified atom stereocenters. The zero-order valence-electron chi connectivity index (χ0n) is 8.54. The predicted molar refractivity (Wildman–Crippen MR) is 56.4 cm³/mol. The van der Waals surface area contributed by atoms with Crippen LogP contribution < -0.4 is 17.2 Å². The van der Waals surface area contributed by atoms with E-state index in [0.29, 0.717) is 19.4 Å². The highest BCUT2D eigenvalue weighted by atomic mass is 28.3. The third-order valence-corrected chi connectivity index (χ3v) is 1.28. The number of aliphatic imine (C=N–C) groups is 1. The van der Waals surface area contributed by atoms with Crippen molar-refractivity contribution in [2.24, 2.45) is 22.2 Å².